The number of carbonyl (C=O) groups is 1. The molecular weight excluding hydrogens is 360 g/mol. The van der Waals surface area contributed by atoms with E-state index in [4.69, 9.17) is 4.74 Å². The SMILES string of the molecule is COc1ccc2cc([C@H](C)C(=O)Nc3ccc(N4CCC(C)C4)cc3)ccc2c1. The Morgan fingerprint density at radius 3 is 2.48 bits per heavy atom. The molecule has 1 aliphatic rings. The molecule has 4 heteroatoms. The molecule has 1 heterocycles. The van der Waals surface area contributed by atoms with Gasteiger partial charge in [0.1, 0.15) is 5.75 Å². The van der Waals surface area contributed by atoms with Crippen molar-refractivity contribution in [2.24, 2.45) is 5.92 Å². The number of nitrogens with one attached hydrogen (secondary N) is 1. The Hall–Kier alpha value is -3.01. The van der Waals surface area contributed by atoms with Crippen molar-refractivity contribution in [1.29, 1.82) is 0 Å². The van der Waals surface area contributed by atoms with E-state index in [-0.39, 0.29) is 11.8 Å². The van der Waals surface area contributed by atoms with Gasteiger partial charge in [0.05, 0.1) is 13.0 Å². The Balaban J connectivity index is 1.44. The lowest BCUT2D eigenvalue weighted by molar-refractivity contribution is -0.117. The van der Waals surface area contributed by atoms with Crippen LogP contribution in [0.15, 0.2) is 60.7 Å². The number of rotatable bonds is 5. The van der Waals surface area contributed by atoms with E-state index in [0.717, 1.165) is 46.8 Å². The predicted molar refractivity (Wildman–Crippen MR) is 120 cm³/mol. The van der Waals surface area contributed by atoms with Crippen LogP contribution in [0.3, 0.4) is 0 Å². The Kier molecular flexibility index (Phi) is 5.43. The second-order valence-electron chi connectivity index (χ2n) is 8.07. The van der Waals surface area contributed by atoms with Gasteiger partial charge in [-0.15, -0.1) is 0 Å². The Labute approximate surface area is 172 Å². The predicted octanol–water partition coefficient (Wildman–Crippen LogP) is 5.44. The zero-order valence-corrected chi connectivity index (χ0v) is 17.3. The third-order valence-corrected chi connectivity index (χ3v) is 5.89. The summed E-state index contributed by atoms with van der Waals surface area (Å²) in [4.78, 5) is 15.2. The maximum Gasteiger partial charge on any atom is 0.231 e. The molecule has 150 valence electrons. The summed E-state index contributed by atoms with van der Waals surface area (Å²) >= 11 is 0. The second kappa shape index (κ2) is 8.16. The van der Waals surface area contributed by atoms with Gasteiger partial charge in [-0.05, 0) is 72.0 Å². The lowest BCUT2D eigenvalue weighted by Gasteiger charge is -2.19. The summed E-state index contributed by atoms with van der Waals surface area (Å²) in [5.41, 5.74) is 3.07. The quantitative estimate of drug-likeness (QED) is 0.633. The van der Waals surface area contributed by atoms with Gasteiger partial charge in [0.2, 0.25) is 5.91 Å². The fourth-order valence-corrected chi connectivity index (χ4v) is 3.97. The number of anilines is 2. The number of nitrogens with zero attached hydrogens (tertiary/aromatic N) is 1. The third kappa shape index (κ3) is 4.21. The van der Waals surface area contributed by atoms with Crippen LogP contribution in [0.5, 0.6) is 5.75 Å². The first-order valence-corrected chi connectivity index (χ1v) is 10.3. The van der Waals surface area contributed by atoms with Crippen molar-refractivity contribution in [2.45, 2.75) is 26.2 Å². The van der Waals surface area contributed by atoms with E-state index < -0.39 is 0 Å². The average Bonchev–Trinajstić information content (AvgIpc) is 3.19. The number of hydrogen-bond donors (Lipinski definition) is 1. The molecule has 2 atom stereocenters. The number of carbonyl (C=O) groups excluding carboxylic acids is 1. The Morgan fingerprint density at radius 2 is 1.79 bits per heavy atom. The molecule has 0 saturated carbocycles. The number of amides is 1. The van der Waals surface area contributed by atoms with Crippen LogP contribution in [-0.2, 0) is 4.79 Å². The van der Waals surface area contributed by atoms with Crippen molar-refractivity contribution in [3.05, 3.63) is 66.2 Å². The van der Waals surface area contributed by atoms with Crippen molar-refractivity contribution in [3.8, 4) is 5.75 Å². The normalized spacial score (nSPS) is 17.3. The zero-order valence-electron chi connectivity index (χ0n) is 17.3. The minimum absolute atomic E-state index is 0.000376. The molecule has 1 aliphatic heterocycles. The monoisotopic (exact) mass is 388 g/mol. The van der Waals surface area contributed by atoms with Crippen LogP contribution in [0.25, 0.3) is 10.8 Å². The number of fused-ring (bicyclic) bond motifs is 1. The number of benzene rings is 3. The maximum atomic E-state index is 12.8. The van der Waals surface area contributed by atoms with Crippen LogP contribution in [0.4, 0.5) is 11.4 Å². The Bertz CT molecular complexity index is 1010. The second-order valence-corrected chi connectivity index (χ2v) is 8.07. The molecule has 0 aromatic heterocycles. The van der Waals surface area contributed by atoms with Gasteiger partial charge in [-0.25, -0.2) is 0 Å². The van der Waals surface area contributed by atoms with Crippen molar-refractivity contribution < 1.29 is 9.53 Å². The molecule has 0 radical (unpaired) electrons. The van der Waals surface area contributed by atoms with Gasteiger partial charge in [-0.3, -0.25) is 4.79 Å². The van der Waals surface area contributed by atoms with Crippen molar-refractivity contribution in [3.63, 3.8) is 0 Å². The van der Waals surface area contributed by atoms with E-state index >= 15 is 0 Å². The third-order valence-electron chi connectivity index (χ3n) is 5.89. The number of ether oxygens (including phenoxy) is 1. The van der Waals surface area contributed by atoms with Crippen LogP contribution in [0.1, 0.15) is 31.7 Å². The van der Waals surface area contributed by atoms with E-state index in [1.165, 1.54) is 12.1 Å². The molecule has 1 amide bonds. The number of hydrogen-bond acceptors (Lipinski definition) is 3. The first-order valence-electron chi connectivity index (χ1n) is 10.3. The van der Waals surface area contributed by atoms with Crippen LogP contribution < -0.4 is 15.0 Å². The highest BCUT2D eigenvalue weighted by Gasteiger charge is 2.19. The molecule has 1 N–H and O–H groups in total. The zero-order chi connectivity index (χ0) is 20.4. The first-order chi connectivity index (χ1) is 14.0. The minimum Gasteiger partial charge on any atom is -0.497 e. The molecule has 0 spiro atoms. The van der Waals surface area contributed by atoms with Gasteiger partial charge in [0.25, 0.3) is 0 Å². The van der Waals surface area contributed by atoms with E-state index in [0.29, 0.717) is 0 Å². The van der Waals surface area contributed by atoms with Crippen LogP contribution in [0, 0.1) is 5.92 Å². The van der Waals surface area contributed by atoms with Crippen LogP contribution in [-0.4, -0.2) is 26.1 Å². The van der Waals surface area contributed by atoms with E-state index in [9.17, 15) is 4.79 Å². The largest absolute Gasteiger partial charge is 0.497 e. The van der Waals surface area contributed by atoms with Gasteiger partial charge in [0, 0.05) is 24.5 Å². The summed E-state index contributed by atoms with van der Waals surface area (Å²) in [5.74, 6) is 1.35. The topological polar surface area (TPSA) is 41.6 Å². The summed E-state index contributed by atoms with van der Waals surface area (Å²) < 4.78 is 5.28. The van der Waals surface area contributed by atoms with Crippen molar-refractivity contribution >= 4 is 28.1 Å². The maximum absolute atomic E-state index is 12.8. The standard InChI is InChI=1S/C25H28N2O2/c1-17-12-13-27(16-17)23-9-7-22(8-10-23)26-25(28)18(2)19-4-5-21-15-24(29-3)11-6-20(21)14-19/h4-11,14-15,17-18H,12-13,16H2,1-3H3,(H,26,28)/t17?,18-/m0/s1. The highest BCUT2D eigenvalue weighted by molar-refractivity contribution is 5.96. The highest BCUT2D eigenvalue weighted by Crippen LogP contribution is 2.27. The summed E-state index contributed by atoms with van der Waals surface area (Å²) in [6.45, 7) is 6.45. The summed E-state index contributed by atoms with van der Waals surface area (Å²) in [6, 6.07) is 20.3. The van der Waals surface area contributed by atoms with Gasteiger partial charge in [0.15, 0.2) is 0 Å². The summed E-state index contributed by atoms with van der Waals surface area (Å²) in [6.07, 6.45) is 1.24. The van der Waals surface area contributed by atoms with Crippen LogP contribution in [0.2, 0.25) is 0 Å². The molecule has 4 rings (SSSR count). The molecule has 0 aliphatic carbocycles. The summed E-state index contributed by atoms with van der Waals surface area (Å²) in [5, 5.41) is 5.26. The Morgan fingerprint density at radius 1 is 1.07 bits per heavy atom. The fourth-order valence-electron chi connectivity index (χ4n) is 3.97. The molecule has 1 fully saturated rings. The van der Waals surface area contributed by atoms with Crippen molar-refractivity contribution in [2.75, 3.05) is 30.4 Å². The lowest BCUT2D eigenvalue weighted by atomic mass is 9.97. The minimum atomic E-state index is -0.236. The van der Waals surface area contributed by atoms with E-state index in [1.54, 1.807) is 7.11 Å². The van der Waals surface area contributed by atoms with Crippen molar-refractivity contribution in [1.82, 2.24) is 0 Å². The molecule has 3 aromatic rings. The molecule has 0 bridgehead atoms. The van der Waals surface area contributed by atoms with Gasteiger partial charge >= 0.3 is 0 Å². The van der Waals surface area contributed by atoms with Gasteiger partial charge in [-0.1, -0.05) is 31.2 Å². The highest BCUT2D eigenvalue weighted by atomic mass is 16.5. The lowest BCUT2D eigenvalue weighted by Crippen LogP contribution is -2.20. The molecule has 3 aromatic carbocycles. The smallest absolute Gasteiger partial charge is 0.231 e. The molecule has 1 saturated heterocycles. The summed E-state index contributed by atoms with van der Waals surface area (Å²) in [7, 11) is 1.67. The number of methoxy groups -OCH3 is 1. The fraction of sp³-hybridized carbons (Fsp3) is 0.320. The molecule has 29 heavy (non-hydrogen) atoms. The molecule has 1 unspecified atom stereocenters. The molecule has 4 nitrogen and oxygen atoms in total. The van der Waals surface area contributed by atoms with Gasteiger partial charge in [-0.2, -0.15) is 0 Å². The average molecular weight is 389 g/mol. The van der Waals surface area contributed by atoms with Gasteiger partial charge < -0.3 is 15.0 Å². The van der Waals surface area contributed by atoms with Crippen LogP contribution >= 0.6 is 0 Å². The van der Waals surface area contributed by atoms with E-state index in [2.05, 4.69) is 35.3 Å². The van der Waals surface area contributed by atoms with E-state index in [1.807, 2.05) is 49.4 Å². The molecular formula is C25H28N2O2. The first kappa shape index (κ1) is 19.3.